The Kier molecular flexibility index (Phi) is 6.15. The Balaban J connectivity index is 1.80. The second-order valence-corrected chi connectivity index (χ2v) is 9.97. The maximum atomic E-state index is 13.6. The fraction of sp³-hybridized carbons (Fsp3) is 0.185. The number of benzene rings is 3. The van der Waals surface area contributed by atoms with Crippen LogP contribution in [0.5, 0.6) is 0 Å². The van der Waals surface area contributed by atoms with Crippen molar-refractivity contribution < 1.29 is 35.9 Å². The molecule has 0 aromatic heterocycles. The average molecular weight is 570 g/mol. The number of rotatable bonds is 2. The van der Waals surface area contributed by atoms with Crippen LogP contribution in [0.4, 0.5) is 32.0 Å². The largest absolute Gasteiger partial charge is 0.416 e. The summed E-state index contributed by atoms with van der Waals surface area (Å²) in [5.41, 5.74) is -4.58. The number of hydrogen-bond donors (Lipinski definition) is 1. The minimum absolute atomic E-state index is 0.0124. The van der Waals surface area contributed by atoms with Gasteiger partial charge in [0.05, 0.1) is 11.1 Å². The zero-order chi connectivity index (χ0) is 27.6. The molecular weight excluding hydrogens is 555 g/mol. The maximum Gasteiger partial charge on any atom is 0.416 e. The quantitative estimate of drug-likeness (QED) is 0.317. The molecule has 1 N–H and O–H groups in total. The number of fused-ring (bicyclic) bond motifs is 2. The molecule has 1 aliphatic carbocycles. The van der Waals surface area contributed by atoms with Gasteiger partial charge < -0.3 is 5.32 Å². The minimum atomic E-state index is -5.11. The number of nitrogens with one attached hydrogen (secondary N) is 1. The Morgan fingerprint density at radius 2 is 1.45 bits per heavy atom. The lowest BCUT2D eigenvalue weighted by Gasteiger charge is -2.38. The average Bonchev–Trinajstić information content (AvgIpc) is 3.09. The molecule has 3 nitrogen and oxygen atoms in total. The highest BCUT2D eigenvalue weighted by Gasteiger charge is 2.55. The molecular formula is C27H15Cl2F6NO2. The van der Waals surface area contributed by atoms with E-state index >= 15 is 0 Å². The SMILES string of the molecule is O=C1C[C@@H](c2cccc(Cl)c2)[C@]2(C=C1c1cc(C(F)(F)F)cc(C(F)(F)F)c1)C(=O)Nc1cc(Cl)ccc12. The Hall–Kier alpha value is -3.30. The van der Waals surface area contributed by atoms with Gasteiger partial charge in [-0.3, -0.25) is 9.59 Å². The van der Waals surface area contributed by atoms with E-state index in [1.54, 1.807) is 30.3 Å². The van der Waals surface area contributed by atoms with E-state index in [2.05, 4.69) is 5.32 Å². The number of alkyl halides is 6. The lowest BCUT2D eigenvalue weighted by atomic mass is 9.61. The number of hydrogen-bond acceptors (Lipinski definition) is 2. The van der Waals surface area contributed by atoms with Crippen molar-refractivity contribution in [2.24, 2.45) is 0 Å². The molecule has 3 aromatic carbocycles. The zero-order valence-electron chi connectivity index (χ0n) is 19.0. The van der Waals surface area contributed by atoms with Gasteiger partial charge in [0.2, 0.25) is 5.91 Å². The summed E-state index contributed by atoms with van der Waals surface area (Å²) in [4.78, 5) is 27.0. The van der Waals surface area contributed by atoms with Crippen LogP contribution in [0, 0.1) is 0 Å². The van der Waals surface area contributed by atoms with E-state index in [1.165, 1.54) is 18.2 Å². The molecule has 0 saturated carbocycles. The van der Waals surface area contributed by atoms with Gasteiger partial charge >= 0.3 is 12.4 Å². The smallest absolute Gasteiger partial charge is 0.325 e. The fourth-order valence-corrected chi connectivity index (χ4v) is 5.51. The Bertz CT molecular complexity index is 1500. The number of carbonyl (C=O) groups excluding carboxylic acids is 2. The number of ketones is 1. The van der Waals surface area contributed by atoms with E-state index in [0.29, 0.717) is 39.0 Å². The topological polar surface area (TPSA) is 46.2 Å². The van der Waals surface area contributed by atoms with Crippen LogP contribution in [0.1, 0.15) is 40.2 Å². The summed E-state index contributed by atoms with van der Waals surface area (Å²) in [7, 11) is 0. The first-order chi connectivity index (χ1) is 17.7. The van der Waals surface area contributed by atoms with Gasteiger partial charge in [-0.05, 0) is 59.2 Å². The van der Waals surface area contributed by atoms with Crippen molar-refractivity contribution in [2.45, 2.75) is 30.1 Å². The summed E-state index contributed by atoms with van der Waals surface area (Å²) in [5, 5.41) is 3.32. The third-order valence-electron chi connectivity index (χ3n) is 6.81. The van der Waals surface area contributed by atoms with Crippen LogP contribution in [-0.4, -0.2) is 11.7 Å². The molecule has 1 aliphatic heterocycles. The first-order valence-corrected chi connectivity index (χ1v) is 11.9. The van der Waals surface area contributed by atoms with Gasteiger partial charge in [0.1, 0.15) is 5.41 Å². The van der Waals surface area contributed by atoms with Crippen LogP contribution in [0.25, 0.3) is 5.57 Å². The molecule has 196 valence electrons. The van der Waals surface area contributed by atoms with Crippen molar-refractivity contribution in [3.05, 3.63) is 105 Å². The van der Waals surface area contributed by atoms with E-state index in [0.717, 1.165) is 0 Å². The predicted molar refractivity (Wildman–Crippen MR) is 130 cm³/mol. The summed E-state index contributed by atoms with van der Waals surface area (Å²) < 4.78 is 81.3. The number of anilines is 1. The van der Waals surface area contributed by atoms with Crippen molar-refractivity contribution in [1.82, 2.24) is 0 Å². The van der Waals surface area contributed by atoms with E-state index < -0.39 is 57.6 Å². The highest BCUT2D eigenvalue weighted by molar-refractivity contribution is 6.31. The third-order valence-corrected chi connectivity index (χ3v) is 7.28. The first kappa shape index (κ1) is 26.3. The molecule has 1 spiro atoms. The fourth-order valence-electron chi connectivity index (χ4n) is 5.14. The van der Waals surface area contributed by atoms with Crippen LogP contribution >= 0.6 is 23.2 Å². The summed E-state index contributed by atoms with van der Waals surface area (Å²) in [6.07, 6.45) is -9.42. The Labute approximate surface area is 222 Å². The summed E-state index contributed by atoms with van der Waals surface area (Å²) in [6.45, 7) is 0. The molecule has 1 heterocycles. The molecule has 2 aliphatic rings. The standard InChI is InChI=1S/C27H15Cl2F6NO2/c28-17-3-1-2-13(8-17)21-11-23(37)19(12-25(21)20-5-4-18(29)10-22(20)36-24(25)38)14-6-15(26(30,31)32)9-16(7-14)27(33,34)35/h1-10,12,21H,11H2,(H,36,38)/t21-,25+/m0/s1. The molecule has 3 aromatic rings. The third kappa shape index (κ3) is 4.37. The van der Waals surface area contributed by atoms with Crippen LogP contribution in [0.3, 0.4) is 0 Å². The molecule has 38 heavy (non-hydrogen) atoms. The van der Waals surface area contributed by atoms with Crippen LogP contribution in [0.15, 0.2) is 66.7 Å². The Morgan fingerprint density at radius 3 is 2.05 bits per heavy atom. The number of amides is 1. The first-order valence-electron chi connectivity index (χ1n) is 11.1. The van der Waals surface area contributed by atoms with Crippen molar-refractivity contribution in [3.63, 3.8) is 0 Å². The normalized spacial score (nSPS) is 21.4. The van der Waals surface area contributed by atoms with Crippen molar-refractivity contribution in [2.75, 3.05) is 5.32 Å². The molecule has 0 fully saturated rings. The zero-order valence-corrected chi connectivity index (χ0v) is 20.5. The van der Waals surface area contributed by atoms with E-state index in [9.17, 15) is 35.9 Å². The maximum absolute atomic E-state index is 13.6. The number of carbonyl (C=O) groups is 2. The second-order valence-electron chi connectivity index (χ2n) is 9.10. The lowest BCUT2D eigenvalue weighted by Crippen LogP contribution is -2.43. The Morgan fingerprint density at radius 1 is 0.816 bits per heavy atom. The van der Waals surface area contributed by atoms with Gasteiger partial charge in [0, 0.05) is 33.6 Å². The highest BCUT2D eigenvalue weighted by Crippen LogP contribution is 2.54. The predicted octanol–water partition coefficient (Wildman–Crippen LogP) is 8.06. The molecule has 0 saturated heterocycles. The van der Waals surface area contributed by atoms with Gasteiger partial charge in [-0.1, -0.05) is 47.5 Å². The van der Waals surface area contributed by atoms with E-state index in [-0.39, 0.29) is 12.5 Å². The van der Waals surface area contributed by atoms with E-state index in [1.807, 2.05) is 0 Å². The molecule has 5 rings (SSSR count). The van der Waals surface area contributed by atoms with Crippen molar-refractivity contribution >= 4 is 46.2 Å². The van der Waals surface area contributed by atoms with Crippen LogP contribution in [0.2, 0.25) is 10.0 Å². The van der Waals surface area contributed by atoms with Gasteiger partial charge in [0.25, 0.3) is 0 Å². The number of halogens is 8. The molecule has 0 bridgehead atoms. The van der Waals surface area contributed by atoms with Crippen LogP contribution < -0.4 is 5.32 Å². The van der Waals surface area contributed by atoms with E-state index in [4.69, 9.17) is 23.2 Å². The lowest BCUT2D eigenvalue weighted by molar-refractivity contribution is -0.143. The summed E-state index contributed by atoms with van der Waals surface area (Å²) in [5.74, 6) is -2.18. The van der Waals surface area contributed by atoms with Gasteiger partial charge in [-0.2, -0.15) is 26.3 Å². The van der Waals surface area contributed by atoms with Crippen molar-refractivity contribution in [3.8, 4) is 0 Å². The minimum Gasteiger partial charge on any atom is -0.325 e. The highest BCUT2D eigenvalue weighted by atomic mass is 35.5. The summed E-state index contributed by atoms with van der Waals surface area (Å²) in [6, 6.07) is 11.9. The van der Waals surface area contributed by atoms with Gasteiger partial charge in [-0.25, -0.2) is 0 Å². The van der Waals surface area contributed by atoms with Gasteiger partial charge in [-0.15, -0.1) is 0 Å². The summed E-state index contributed by atoms with van der Waals surface area (Å²) >= 11 is 12.3. The van der Waals surface area contributed by atoms with Gasteiger partial charge in [0.15, 0.2) is 5.78 Å². The monoisotopic (exact) mass is 569 g/mol. The molecule has 0 radical (unpaired) electrons. The number of allylic oxidation sites excluding steroid dienone is 1. The number of Topliss-reactive ketones (excluding diaryl/α,β-unsaturated/α-hetero) is 1. The van der Waals surface area contributed by atoms with Crippen molar-refractivity contribution in [1.29, 1.82) is 0 Å². The second kappa shape index (κ2) is 8.88. The molecule has 2 atom stereocenters. The molecule has 11 heteroatoms. The molecule has 0 unspecified atom stereocenters. The molecule has 1 amide bonds. The van der Waals surface area contributed by atoms with Crippen LogP contribution in [-0.2, 0) is 27.4 Å².